The molecule has 0 fully saturated rings. The van der Waals surface area contributed by atoms with Crippen molar-refractivity contribution in [2.24, 2.45) is 5.73 Å². The summed E-state index contributed by atoms with van der Waals surface area (Å²) in [6.07, 6.45) is 7.47. The van der Waals surface area contributed by atoms with Crippen LogP contribution in [0.2, 0.25) is 0 Å². The van der Waals surface area contributed by atoms with Gasteiger partial charge in [0.05, 0.1) is 22.7 Å². The Morgan fingerprint density at radius 1 is 1.37 bits per heavy atom. The van der Waals surface area contributed by atoms with Gasteiger partial charge in [0.2, 0.25) is 0 Å². The molecule has 4 nitrogen and oxygen atoms in total. The van der Waals surface area contributed by atoms with E-state index in [1.807, 2.05) is 30.6 Å². The van der Waals surface area contributed by atoms with Crippen molar-refractivity contribution < 1.29 is 4.39 Å². The average Bonchev–Trinajstić information content (AvgIpc) is 3.02. The standard InChI is InChI=1S/C21H25FN4S/c1-5-19-20(26(12-11-23)14-24-19)13-15(3)25-16(4)27-21(6-2)17-7-9-18(22)10-8-17/h5-10,13-14,25H,1,4,11-12,23H2,2-3H3/b15-13+,21-6-. The fraction of sp³-hybridized carbons (Fsp3) is 0.190. The number of nitrogens with zero attached hydrogens (tertiary/aromatic N) is 2. The Bertz CT molecular complexity index is 863. The average molecular weight is 385 g/mol. The molecule has 0 radical (unpaired) electrons. The quantitative estimate of drug-likeness (QED) is 0.649. The van der Waals surface area contributed by atoms with Gasteiger partial charge in [-0.3, -0.25) is 0 Å². The Morgan fingerprint density at radius 2 is 2.07 bits per heavy atom. The predicted molar refractivity (Wildman–Crippen MR) is 115 cm³/mol. The van der Waals surface area contributed by atoms with Gasteiger partial charge in [0.1, 0.15) is 5.82 Å². The van der Waals surface area contributed by atoms with Crippen LogP contribution in [0.25, 0.3) is 17.1 Å². The molecule has 0 aliphatic rings. The Balaban J connectivity index is 2.11. The summed E-state index contributed by atoms with van der Waals surface area (Å²) in [7, 11) is 0. The Hall–Kier alpha value is -2.57. The van der Waals surface area contributed by atoms with Crippen LogP contribution >= 0.6 is 11.8 Å². The van der Waals surface area contributed by atoms with E-state index in [0.29, 0.717) is 13.1 Å². The van der Waals surface area contributed by atoms with Crippen LogP contribution in [0.15, 0.2) is 60.6 Å². The van der Waals surface area contributed by atoms with E-state index in [0.717, 1.165) is 32.6 Å². The zero-order valence-corrected chi connectivity index (χ0v) is 16.5. The lowest BCUT2D eigenvalue weighted by Crippen LogP contribution is -2.12. The normalized spacial score (nSPS) is 12.1. The van der Waals surface area contributed by atoms with Crippen molar-refractivity contribution in [3.63, 3.8) is 0 Å². The van der Waals surface area contributed by atoms with Crippen LogP contribution in [0.3, 0.4) is 0 Å². The topological polar surface area (TPSA) is 55.9 Å². The number of hydrogen-bond donors (Lipinski definition) is 2. The smallest absolute Gasteiger partial charge is 0.123 e. The van der Waals surface area contributed by atoms with Gasteiger partial charge in [0.15, 0.2) is 0 Å². The van der Waals surface area contributed by atoms with Gasteiger partial charge in [-0.05, 0) is 43.7 Å². The zero-order chi connectivity index (χ0) is 19.8. The van der Waals surface area contributed by atoms with Crippen molar-refractivity contribution in [2.75, 3.05) is 6.54 Å². The Kier molecular flexibility index (Phi) is 7.64. The molecule has 0 aliphatic heterocycles. The molecule has 2 aromatic rings. The van der Waals surface area contributed by atoms with E-state index in [2.05, 4.69) is 23.5 Å². The van der Waals surface area contributed by atoms with Crippen LogP contribution in [-0.2, 0) is 6.54 Å². The van der Waals surface area contributed by atoms with Crippen LogP contribution < -0.4 is 11.1 Å². The summed E-state index contributed by atoms with van der Waals surface area (Å²) >= 11 is 1.50. The second-order valence-electron chi connectivity index (χ2n) is 5.84. The molecule has 0 spiro atoms. The fourth-order valence-corrected chi connectivity index (χ4v) is 3.41. The monoisotopic (exact) mass is 384 g/mol. The van der Waals surface area contributed by atoms with Crippen molar-refractivity contribution in [1.82, 2.24) is 14.9 Å². The maximum Gasteiger partial charge on any atom is 0.123 e. The highest BCUT2D eigenvalue weighted by Crippen LogP contribution is 2.32. The highest BCUT2D eigenvalue weighted by atomic mass is 32.2. The summed E-state index contributed by atoms with van der Waals surface area (Å²) in [5.41, 5.74) is 9.29. The Morgan fingerprint density at radius 3 is 2.67 bits per heavy atom. The Labute approximate surface area is 164 Å². The molecule has 142 valence electrons. The summed E-state index contributed by atoms with van der Waals surface area (Å²) in [5.74, 6) is -0.248. The van der Waals surface area contributed by atoms with E-state index in [-0.39, 0.29) is 5.82 Å². The lowest BCUT2D eigenvalue weighted by Gasteiger charge is -2.13. The largest absolute Gasteiger partial charge is 0.354 e. The molecule has 1 heterocycles. The summed E-state index contributed by atoms with van der Waals surface area (Å²) < 4.78 is 15.1. The van der Waals surface area contributed by atoms with E-state index >= 15 is 0 Å². The first kappa shape index (κ1) is 20.7. The van der Waals surface area contributed by atoms with Crippen molar-refractivity contribution >= 4 is 28.8 Å². The van der Waals surface area contributed by atoms with Crippen LogP contribution in [0, 0.1) is 5.82 Å². The second kappa shape index (κ2) is 9.94. The molecule has 0 amide bonds. The van der Waals surface area contributed by atoms with Crippen LogP contribution in [0.1, 0.15) is 30.8 Å². The molecule has 1 aromatic heterocycles. The highest BCUT2D eigenvalue weighted by Gasteiger charge is 2.08. The van der Waals surface area contributed by atoms with Gasteiger partial charge in [-0.15, -0.1) is 0 Å². The SMILES string of the molecule is C=Cc1ncn(CCN)c1/C=C(\C)NC(=C)S/C(=C\C)c1ccc(F)cc1. The van der Waals surface area contributed by atoms with Gasteiger partial charge < -0.3 is 15.6 Å². The predicted octanol–water partition coefficient (Wildman–Crippen LogP) is 4.84. The van der Waals surface area contributed by atoms with E-state index in [1.165, 1.54) is 23.9 Å². The maximum atomic E-state index is 13.1. The number of nitrogens with two attached hydrogens (primary N) is 1. The second-order valence-corrected chi connectivity index (χ2v) is 6.98. The number of aromatic nitrogens is 2. The molecule has 0 aliphatic carbocycles. The molecule has 3 N–H and O–H groups in total. The summed E-state index contributed by atoms with van der Waals surface area (Å²) in [5, 5.41) is 4.06. The molecule has 0 unspecified atom stereocenters. The lowest BCUT2D eigenvalue weighted by molar-refractivity contribution is 0.627. The number of thioether (sulfide) groups is 1. The molecule has 0 saturated heterocycles. The minimum atomic E-state index is -0.248. The molecule has 0 bridgehead atoms. The van der Waals surface area contributed by atoms with E-state index in [9.17, 15) is 4.39 Å². The maximum absolute atomic E-state index is 13.1. The highest BCUT2D eigenvalue weighted by molar-refractivity contribution is 8.11. The van der Waals surface area contributed by atoms with Crippen molar-refractivity contribution in [2.45, 2.75) is 20.4 Å². The molecular weight excluding hydrogens is 359 g/mol. The zero-order valence-electron chi connectivity index (χ0n) is 15.7. The lowest BCUT2D eigenvalue weighted by atomic mass is 10.2. The first-order valence-corrected chi connectivity index (χ1v) is 9.42. The van der Waals surface area contributed by atoms with Crippen LogP contribution in [0.5, 0.6) is 0 Å². The number of imidazole rings is 1. The first-order valence-electron chi connectivity index (χ1n) is 8.60. The van der Waals surface area contributed by atoms with Crippen LogP contribution in [0.4, 0.5) is 4.39 Å². The minimum absolute atomic E-state index is 0.248. The molecule has 27 heavy (non-hydrogen) atoms. The minimum Gasteiger partial charge on any atom is -0.354 e. The molecule has 0 atom stereocenters. The molecule has 2 rings (SSSR count). The molecular formula is C21H25FN4S. The van der Waals surface area contributed by atoms with E-state index in [1.54, 1.807) is 24.5 Å². The third-order valence-corrected chi connectivity index (χ3v) is 4.83. The molecule has 6 heteroatoms. The van der Waals surface area contributed by atoms with E-state index in [4.69, 9.17) is 5.73 Å². The van der Waals surface area contributed by atoms with Crippen LogP contribution in [-0.4, -0.2) is 16.1 Å². The van der Waals surface area contributed by atoms with Gasteiger partial charge in [0.25, 0.3) is 0 Å². The number of allylic oxidation sites excluding steroid dienone is 2. The number of benzene rings is 1. The molecule has 0 saturated carbocycles. The third-order valence-electron chi connectivity index (χ3n) is 3.79. The van der Waals surface area contributed by atoms with Crippen molar-refractivity contribution in [1.29, 1.82) is 0 Å². The summed E-state index contributed by atoms with van der Waals surface area (Å²) in [4.78, 5) is 5.34. The molecule has 1 aromatic carbocycles. The van der Waals surface area contributed by atoms with E-state index < -0.39 is 0 Å². The number of hydrogen-bond acceptors (Lipinski definition) is 4. The number of rotatable bonds is 9. The summed E-state index contributed by atoms with van der Waals surface area (Å²) in [6, 6.07) is 6.43. The van der Waals surface area contributed by atoms with Gasteiger partial charge in [0, 0.05) is 23.7 Å². The van der Waals surface area contributed by atoms with Gasteiger partial charge in [-0.25, -0.2) is 9.37 Å². The fourth-order valence-electron chi connectivity index (χ4n) is 2.56. The van der Waals surface area contributed by atoms with Gasteiger partial charge >= 0.3 is 0 Å². The van der Waals surface area contributed by atoms with Gasteiger partial charge in [-0.1, -0.05) is 43.1 Å². The number of halogens is 1. The van der Waals surface area contributed by atoms with Gasteiger partial charge in [-0.2, -0.15) is 0 Å². The van der Waals surface area contributed by atoms with Crippen molar-refractivity contribution in [3.8, 4) is 0 Å². The van der Waals surface area contributed by atoms with Crippen molar-refractivity contribution in [3.05, 3.63) is 83.3 Å². The summed E-state index contributed by atoms with van der Waals surface area (Å²) in [6.45, 7) is 13.0. The third kappa shape index (κ3) is 5.70. The number of nitrogens with one attached hydrogen (secondary N) is 1. The first-order chi connectivity index (χ1) is 13.0.